The van der Waals surface area contributed by atoms with Gasteiger partial charge in [-0.15, -0.1) is 0 Å². The number of carbonyl (C=O) groups excluding carboxylic acids is 1. The normalized spacial score (nSPS) is 16.0. The molecule has 0 spiro atoms. The van der Waals surface area contributed by atoms with Crippen LogP contribution in [0.1, 0.15) is 55.8 Å². The summed E-state index contributed by atoms with van der Waals surface area (Å²) in [5, 5.41) is 3.15. The molecule has 1 fully saturated rings. The van der Waals surface area contributed by atoms with Crippen LogP contribution < -0.4 is 14.8 Å². The van der Waals surface area contributed by atoms with E-state index < -0.39 is 0 Å². The molecular formula is C17H24BrNO3. The molecule has 1 aliphatic rings. The number of hydrogen-bond acceptors (Lipinski definition) is 3. The minimum Gasteiger partial charge on any atom is -0.493 e. The van der Waals surface area contributed by atoms with Crippen LogP contribution in [-0.4, -0.2) is 25.7 Å². The SMILES string of the molecule is CCOc1c(Br)cc(C(=O)NC2CCCCCC2)cc1OC. The van der Waals surface area contributed by atoms with Crippen LogP contribution in [-0.2, 0) is 0 Å². The van der Waals surface area contributed by atoms with Gasteiger partial charge in [-0.2, -0.15) is 0 Å². The summed E-state index contributed by atoms with van der Waals surface area (Å²) < 4.78 is 11.6. The van der Waals surface area contributed by atoms with Gasteiger partial charge in [0.1, 0.15) is 0 Å². The van der Waals surface area contributed by atoms with Gasteiger partial charge in [0, 0.05) is 11.6 Å². The predicted octanol–water partition coefficient (Wildman–Crippen LogP) is 4.31. The van der Waals surface area contributed by atoms with Gasteiger partial charge in [0.2, 0.25) is 0 Å². The highest BCUT2D eigenvalue weighted by Crippen LogP contribution is 2.36. The number of rotatable bonds is 5. The molecule has 4 nitrogen and oxygen atoms in total. The second-order valence-corrected chi connectivity index (χ2v) is 6.44. The van der Waals surface area contributed by atoms with E-state index in [2.05, 4.69) is 21.2 Å². The fourth-order valence-electron chi connectivity index (χ4n) is 2.83. The lowest BCUT2D eigenvalue weighted by atomic mass is 10.1. The minimum absolute atomic E-state index is 0.0473. The van der Waals surface area contributed by atoms with E-state index in [1.807, 2.05) is 6.92 Å². The smallest absolute Gasteiger partial charge is 0.251 e. The summed E-state index contributed by atoms with van der Waals surface area (Å²) in [6.45, 7) is 2.46. The lowest BCUT2D eigenvalue weighted by molar-refractivity contribution is 0.0933. The molecule has 0 bridgehead atoms. The lowest BCUT2D eigenvalue weighted by Crippen LogP contribution is -2.34. The van der Waals surface area contributed by atoms with Gasteiger partial charge in [-0.05, 0) is 47.8 Å². The zero-order valence-electron chi connectivity index (χ0n) is 13.3. The van der Waals surface area contributed by atoms with Crippen LogP contribution in [0.15, 0.2) is 16.6 Å². The topological polar surface area (TPSA) is 47.6 Å². The van der Waals surface area contributed by atoms with Crippen molar-refractivity contribution in [1.82, 2.24) is 5.32 Å². The Bertz CT molecular complexity index is 511. The Labute approximate surface area is 140 Å². The fourth-order valence-corrected chi connectivity index (χ4v) is 3.38. The highest BCUT2D eigenvalue weighted by molar-refractivity contribution is 9.10. The highest BCUT2D eigenvalue weighted by Gasteiger charge is 2.19. The Kier molecular flexibility index (Phi) is 6.55. The van der Waals surface area contributed by atoms with Gasteiger partial charge < -0.3 is 14.8 Å². The monoisotopic (exact) mass is 369 g/mol. The van der Waals surface area contributed by atoms with Crippen molar-refractivity contribution in [2.24, 2.45) is 0 Å². The highest BCUT2D eigenvalue weighted by atomic mass is 79.9. The first kappa shape index (κ1) is 17.1. The summed E-state index contributed by atoms with van der Waals surface area (Å²) in [4.78, 5) is 12.5. The Morgan fingerprint density at radius 3 is 2.55 bits per heavy atom. The second kappa shape index (κ2) is 8.42. The van der Waals surface area contributed by atoms with E-state index >= 15 is 0 Å². The van der Waals surface area contributed by atoms with Gasteiger partial charge in [0.25, 0.3) is 5.91 Å². The van der Waals surface area contributed by atoms with E-state index in [0.29, 0.717) is 23.7 Å². The first-order valence-corrected chi connectivity index (χ1v) is 8.76. The number of halogens is 1. The molecule has 0 heterocycles. The van der Waals surface area contributed by atoms with Crippen LogP contribution in [0.2, 0.25) is 0 Å². The number of amides is 1. The number of ether oxygens (including phenoxy) is 2. The Morgan fingerprint density at radius 2 is 1.95 bits per heavy atom. The molecule has 0 saturated heterocycles. The number of methoxy groups -OCH3 is 1. The zero-order valence-corrected chi connectivity index (χ0v) is 14.9. The van der Waals surface area contributed by atoms with Crippen molar-refractivity contribution >= 4 is 21.8 Å². The Balaban J connectivity index is 2.13. The molecule has 122 valence electrons. The van der Waals surface area contributed by atoms with Crippen LogP contribution in [0.5, 0.6) is 11.5 Å². The number of nitrogens with one attached hydrogen (secondary N) is 1. The summed E-state index contributed by atoms with van der Waals surface area (Å²) in [6.07, 6.45) is 7.08. The summed E-state index contributed by atoms with van der Waals surface area (Å²) in [7, 11) is 1.58. The maximum absolute atomic E-state index is 12.5. The molecular weight excluding hydrogens is 346 g/mol. The van der Waals surface area contributed by atoms with Gasteiger partial charge in [-0.1, -0.05) is 25.7 Å². The zero-order chi connectivity index (χ0) is 15.9. The van der Waals surface area contributed by atoms with Crippen molar-refractivity contribution < 1.29 is 14.3 Å². The second-order valence-electron chi connectivity index (χ2n) is 5.58. The van der Waals surface area contributed by atoms with Crippen molar-refractivity contribution in [2.45, 2.75) is 51.5 Å². The minimum atomic E-state index is -0.0473. The molecule has 1 aromatic carbocycles. The van der Waals surface area contributed by atoms with E-state index in [0.717, 1.165) is 17.3 Å². The molecule has 1 amide bonds. The molecule has 0 atom stereocenters. The molecule has 1 aromatic rings. The average Bonchev–Trinajstić information content (AvgIpc) is 2.77. The van der Waals surface area contributed by atoms with Gasteiger partial charge in [0.15, 0.2) is 11.5 Å². The van der Waals surface area contributed by atoms with Crippen molar-refractivity contribution in [2.75, 3.05) is 13.7 Å². The summed E-state index contributed by atoms with van der Waals surface area (Å²) in [5.41, 5.74) is 0.594. The molecule has 1 N–H and O–H groups in total. The van der Waals surface area contributed by atoms with E-state index in [1.165, 1.54) is 25.7 Å². The third-order valence-electron chi connectivity index (χ3n) is 3.97. The molecule has 1 aliphatic carbocycles. The average molecular weight is 370 g/mol. The first-order valence-electron chi connectivity index (χ1n) is 7.97. The molecule has 1 saturated carbocycles. The predicted molar refractivity (Wildman–Crippen MR) is 90.8 cm³/mol. The molecule has 22 heavy (non-hydrogen) atoms. The molecule has 0 aliphatic heterocycles. The molecule has 2 rings (SSSR count). The summed E-state index contributed by atoms with van der Waals surface area (Å²) in [5.74, 6) is 1.16. The largest absolute Gasteiger partial charge is 0.493 e. The Morgan fingerprint density at radius 1 is 1.27 bits per heavy atom. The van der Waals surface area contributed by atoms with Gasteiger partial charge in [0.05, 0.1) is 18.2 Å². The quantitative estimate of drug-likeness (QED) is 0.786. The van der Waals surface area contributed by atoms with E-state index in [4.69, 9.17) is 9.47 Å². The van der Waals surface area contributed by atoms with Crippen LogP contribution in [0.25, 0.3) is 0 Å². The van der Waals surface area contributed by atoms with Crippen LogP contribution in [0.4, 0.5) is 0 Å². The van der Waals surface area contributed by atoms with Gasteiger partial charge in [-0.25, -0.2) is 0 Å². The number of carbonyl (C=O) groups is 1. The molecule has 5 heteroatoms. The van der Waals surface area contributed by atoms with E-state index in [1.54, 1.807) is 19.2 Å². The van der Waals surface area contributed by atoms with Crippen molar-refractivity contribution in [1.29, 1.82) is 0 Å². The lowest BCUT2D eigenvalue weighted by Gasteiger charge is -2.17. The number of hydrogen-bond donors (Lipinski definition) is 1. The van der Waals surface area contributed by atoms with Gasteiger partial charge in [-0.3, -0.25) is 4.79 Å². The maximum atomic E-state index is 12.5. The van der Waals surface area contributed by atoms with Gasteiger partial charge >= 0.3 is 0 Å². The number of benzene rings is 1. The van der Waals surface area contributed by atoms with Crippen molar-refractivity contribution in [3.63, 3.8) is 0 Å². The Hall–Kier alpha value is -1.23. The molecule has 0 radical (unpaired) electrons. The third-order valence-corrected chi connectivity index (χ3v) is 4.56. The molecule has 0 unspecified atom stereocenters. The maximum Gasteiger partial charge on any atom is 0.251 e. The van der Waals surface area contributed by atoms with Crippen molar-refractivity contribution in [3.05, 3.63) is 22.2 Å². The summed E-state index contributed by atoms with van der Waals surface area (Å²) in [6, 6.07) is 3.81. The standard InChI is InChI=1S/C17H24BrNO3/c1-3-22-16-14(18)10-12(11-15(16)21-2)17(20)19-13-8-6-4-5-7-9-13/h10-11,13H,3-9H2,1-2H3,(H,19,20). The molecule has 0 aromatic heterocycles. The fraction of sp³-hybridized carbons (Fsp3) is 0.588. The van der Waals surface area contributed by atoms with E-state index in [9.17, 15) is 4.79 Å². The van der Waals surface area contributed by atoms with Crippen LogP contribution in [0, 0.1) is 0 Å². The van der Waals surface area contributed by atoms with Crippen molar-refractivity contribution in [3.8, 4) is 11.5 Å². The third kappa shape index (κ3) is 4.38. The first-order chi connectivity index (χ1) is 10.7. The van der Waals surface area contributed by atoms with E-state index in [-0.39, 0.29) is 11.9 Å². The summed E-state index contributed by atoms with van der Waals surface area (Å²) >= 11 is 3.46. The van der Waals surface area contributed by atoms with Crippen LogP contribution >= 0.6 is 15.9 Å². The van der Waals surface area contributed by atoms with Crippen LogP contribution in [0.3, 0.4) is 0 Å².